The third kappa shape index (κ3) is 1.20. The van der Waals surface area contributed by atoms with Crippen LogP contribution in [0.5, 0.6) is 0 Å². The number of hydrogen-bond donors (Lipinski definition) is 1. The average Bonchev–Trinajstić information content (AvgIpc) is 2.25. The fraction of sp³-hybridized carbons (Fsp3) is 0.538. The van der Waals surface area contributed by atoms with E-state index in [-0.39, 0.29) is 5.54 Å². The van der Waals surface area contributed by atoms with Crippen LogP contribution < -0.4 is 15.1 Å². The Morgan fingerprint density at radius 1 is 1.31 bits per heavy atom. The van der Waals surface area contributed by atoms with Gasteiger partial charge in [0, 0.05) is 26.7 Å². The number of hydrogen-bond acceptors (Lipinski definition) is 3. The summed E-state index contributed by atoms with van der Waals surface area (Å²) in [6.45, 7) is 7.89. The second kappa shape index (κ2) is 3.06. The predicted molar refractivity (Wildman–Crippen MR) is 69.6 cm³/mol. The molecule has 0 bridgehead atoms. The van der Waals surface area contributed by atoms with Crippen LogP contribution in [0.2, 0.25) is 0 Å². The van der Waals surface area contributed by atoms with Crippen molar-refractivity contribution >= 4 is 17.1 Å². The van der Waals surface area contributed by atoms with Crippen LogP contribution in [-0.2, 0) is 0 Å². The van der Waals surface area contributed by atoms with Crippen LogP contribution in [0.25, 0.3) is 0 Å². The van der Waals surface area contributed by atoms with Crippen molar-refractivity contribution in [2.75, 3.05) is 41.8 Å². The van der Waals surface area contributed by atoms with Gasteiger partial charge in [0.2, 0.25) is 0 Å². The van der Waals surface area contributed by atoms with Crippen LogP contribution >= 0.6 is 0 Å². The first-order valence-electron chi connectivity index (χ1n) is 5.95. The molecule has 0 radical (unpaired) electrons. The Bertz CT molecular complexity index is 425. The molecule has 0 saturated heterocycles. The van der Waals surface area contributed by atoms with Gasteiger partial charge in [-0.3, -0.25) is 0 Å². The molecule has 16 heavy (non-hydrogen) atoms. The molecule has 86 valence electrons. The molecule has 3 rings (SSSR count). The van der Waals surface area contributed by atoms with Crippen molar-refractivity contribution < 1.29 is 0 Å². The Labute approximate surface area is 97.0 Å². The molecule has 0 saturated carbocycles. The smallest absolute Gasteiger partial charge is 0.0845 e. The van der Waals surface area contributed by atoms with Crippen molar-refractivity contribution in [1.82, 2.24) is 0 Å². The van der Waals surface area contributed by atoms with Crippen LogP contribution in [0.3, 0.4) is 0 Å². The zero-order chi connectivity index (χ0) is 11.3. The summed E-state index contributed by atoms with van der Waals surface area (Å²) in [5.74, 6) is 0. The normalized spacial score (nSPS) is 21.4. The van der Waals surface area contributed by atoms with Gasteiger partial charge in [-0.1, -0.05) is 6.07 Å². The Morgan fingerprint density at radius 2 is 2.12 bits per heavy atom. The Hall–Kier alpha value is -1.38. The van der Waals surface area contributed by atoms with E-state index >= 15 is 0 Å². The van der Waals surface area contributed by atoms with Crippen molar-refractivity contribution in [1.29, 1.82) is 0 Å². The molecule has 3 heteroatoms. The second-order valence-corrected chi connectivity index (χ2v) is 5.42. The monoisotopic (exact) mass is 217 g/mol. The first-order valence-corrected chi connectivity index (χ1v) is 5.95. The van der Waals surface area contributed by atoms with E-state index in [1.807, 2.05) is 0 Å². The summed E-state index contributed by atoms with van der Waals surface area (Å²) in [5.41, 5.74) is 4.24. The number of likely N-dealkylation sites (N-methyl/N-ethyl adjacent to an activating group) is 1. The Balaban J connectivity index is 2.22. The van der Waals surface area contributed by atoms with Gasteiger partial charge in [-0.2, -0.15) is 0 Å². The van der Waals surface area contributed by atoms with Crippen molar-refractivity contribution in [2.45, 2.75) is 19.4 Å². The fourth-order valence-electron chi connectivity index (χ4n) is 3.04. The highest BCUT2D eigenvalue weighted by Gasteiger charge is 2.37. The van der Waals surface area contributed by atoms with Gasteiger partial charge in [0.1, 0.15) is 0 Å². The van der Waals surface area contributed by atoms with E-state index in [4.69, 9.17) is 0 Å². The largest absolute Gasteiger partial charge is 0.382 e. The van der Waals surface area contributed by atoms with E-state index in [9.17, 15) is 0 Å². The minimum atomic E-state index is 0.222. The lowest BCUT2D eigenvalue weighted by molar-refractivity contribution is 0.448. The van der Waals surface area contributed by atoms with Gasteiger partial charge in [-0.05, 0) is 26.0 Å². The summed E-state index contributed by atoms with van der Waals surface area (Å²) in [7, 11) is 2.18. The van der Waals surface area contributed by atoms with Crippen molar-refractivity contribution in [3.63, 3.8) is 0 Å². The van der Waals surface area contributed by atoms with Gasteiger partial charge in [-0.15, -0.1) is 0 Å². The summed E-state index contributed by atoms with van der Waals surface area (Å²) < 4.78 is 0. The van der Waals surface area contributed by atoms with Crippen molar-refractivity contribution in [3.05, 3.63) is 18.2 Å². The zero-order valence-electron chi connectivity index (χ0n) is 10.2. The molecule has 3 nitrogen and oxygen atoms in total. The van der Waals surface area contributed by atoms with E-state index < -0.39 is 0 Å². The standard InChI is InChI=1S/C13H19N3/c1-13(2)9-15(3)11-6-4-5-10-12(11)16(13)8-7-14-10/h4-6,14H,7-9H2,1-3H3. The van der Waals surface area contributed by atoms with Gasteiger partial charge < -0.3 is 15.1 Å². The molecule has 0 spiro atoms. The Kier molecular flexibility index (Phi) is 1.88. The van der Waals surface area contributed by atoms with E-state index in [0.717, 1.165) is 19.6 Å². The average molecular weight is 217 g/mol. The second-order valence-electron chi connectivity index (χ2n) is 5.42. The predicted octanol–water partition coefficient (Wildman–Crippen LogP) is 2.15. The fourth-order valence-corrected chi connectivity index (χ4v) is 3.04. The van der Waals surface area contributed by atoms with Crippen LogP contribution in [0, 0.1) is 0 Å². The number of nitrogens with one attached hydrogen (secondary N) is 1. The topological polar surface area (TPSA) is 18.5 Å². The van der Waals surface area contributed by atoms with E-state index in [1.165, 1.54) is 17.1 Å². The maximum Gasteiger partial charge on any atom is 0.0845 e. The minimum absolute atomic E-state index is 0.222. The third-order valence-electron chi connectivity index (χ3n) is 3.70. The highest BCUT2D eigenvalue weighted by molar-refractivity contribution is 5.87. The summed E-state index contributed by atoms with van der Waals surface area (Å²) in [5, 5.41) is 3.49. The van der Waals surface area contributed by atoms with Crippen LogP contribution in [-0.4, -0.2) is 32.2 Å². The van der Waals surface area contributed by atoms with Gasteiger partial charge in [-0.25, -0.2) is 0 Å². The van der Waals surface area contributed by atoms with Crippen LogP contribution in [0.15, 0.2) is 18.2 Å². The molecule has 2 aliphatic rings. The van der Waals surface area contributed by atoms with Crippen LogP contribution in [0.1, 0.15) is 13.8 Å². The summed E-state index contributed by atoms with van der Waals surface area (Å²) in [6.07, 6.45) is 0. The summed E-state index contributed by atoms with van der Waals surface area (Å²) in [6, 6.07) is 6.54. The van der Waals surface area contributed by atoms with E-state index in [2.05, 4.69) is 54.2 Å². The van der Waals surface area contributed by atoms with Crippen molar-refractivity contribution in [2.24, 2.45) is 0 Å². The number of anilines is 3. The molecular formula is C13H19N3. The van der Waals surface area contributed by atoms with Gasteiger partial charge >= 0.3 is 0 Å². The molecule has 0 aliphatic carbocycles. The molecule has 0 unspecified atom stereocenters. The quantitative estimate of drug-likeness (QED) is 0.718. The molecule has 0 aromatic heterocycles. The van der Waals surface area contributed by atoms with E-state index in [0.29, 0.717) is 0 Å². The molecule has 0 atom stereocenters. The lowest BCUT2D eigenvalue weighted by Gasteiger charge is -2.51. The van der Waals surface area contributed by atoms with Gasteiger partial charge in [0.25, 0.3) is 0 Å². The zero-order valence-corrected chi connectivity index (χ0v) is 10.2. The lowest BCUT2D eigenvalue weighted by Crippen LogP contribution is -2.57. The maximum atomic E-state index is 3.49. The lowest BCUT2D eigenvalue weighted by atomic mass is 9.94. The molecule has 1 aromatic rings. The molecule has 1 aromatic carbocycles. The number of rotatable bonds is 0. The van der Waals surface area contributed by atoms with Crippen molar-refractivity contribution in [3.8, 4) is 0 Å². The highest BCUT2D eigenvalue weighted by atomic mass is 15.3. The maximum absolute atomic E-state index is 3.49. The summed E-state index contributed by atoms with van der Waals surface area (Å²) >= 11 is 0. The summed E-state index contributed by atoms with van der Waals surface area (Å²) in [4.78, 5) is 4.91. The highest BCUT2D eigenvalue weighted by Crippen LogP contribution is 2.45. The molecule has 2 heterocycles. The number of para-hydroxylation sites is 1. The van der Waals surface area contributed by atoms with Gasteiger partial charge in [0.15, 0.2) is 0 Å². The van der Waals surface area contributed by atoms with Gasteiger partial charge in [0.05, 0.1) is 22.6 Å². The molecule has 0 fully saturated rings. The molecular weight excluding hydrogens is 198 g/mol. The first-order chi connectivity index (χ1) is 7.59. The van der Waals surface area contributed by atoms with E-state index in [1.54, 1.807) is 0 Å². The molecule has 0 amide bonds. The minimum Gasteiger partial charge on any atom is -0.382 e. The third-order valence-corrected chi connectivity index (χ3v) is 3.70. The first kappa shape index (κ1) is 9.82. The number of benzene rings is 1. The Morgan fingerprint density at radius 3 is 2.94 bits per heavy atom. The van der Waals surface area contributed by atoms with Crippen LogP contribution in [0.4, 0.5) is 17.1 Å². The SMILES string of the molecule is CN1CC(C)(C)N2CCNc3cccc1c32. The molecule has 2 aliphatic heterocycles. The number of nitrogens with zero attached hydrogens (tertiary/aromatic N) is 2. The molecule has 1 N–H and O–H groups in total.